The zero-order valence-corrected chi connectivity index (χ0v) is 21.9. The minimum atomic E-state index is -0.757. The Morgan fingerprint density at radius 3 is 2.16 bits per heavy atom. The first-order valence-electron chi connectivity index (χ1n) is 13.3. The maximum Gasteiger partial charge on any atom is 0.119 e. The number of aliphatic hydroxyl groups excluding tert-OH is 1. The van der Waals surface area contributed by atoms with Crippen molar-refractivity contribution in [3.8, 4) is 17.2 Å². The van der Waals surface area contributed by atoms with E-state index in [0.717, 1.165) is 64.5 Å². The number of ether oxygens (including phenoxy) is 3. The molecule has 0 saturated carbocycles. The van der Waals surface area contributed by atoms with Crippen LogP contribution < -0.4 is 14.2 Å². The van der Waals surface area contributed by atoms with Crippen LogP contribution in [-0.2, 0) is 6.42 Å². The Kier molecular flexibility index (Phi) is 8.12. The highest BCUT2D eigenvalue weighted by atomic mass is 16.5. The molecule has 1 fully saturated rings. The molecule has 194 valence electrons. The summed E-state index contributed by atoms with van der Waals surface area (Å²) in [4.78, 5) is 2.48. The van der Waals surface area contributed by atoms with E-state index in [2.05, 4.69) is 29.2 Å². The van der Waals surface area contributed by atoms with Crippen molar-refractivity contribution in [2.45, 2.75) is 38.2 Å². The lowest BCUT2D eigenvalue weighted by molar-refractivity contribution is 0.183. The van der Waals surface area contributed by atoms with Gasteiger partial charge in [0.1, 0.15) is 30.0 Å². The quantitative estimate of drug-likeness (QED) is 0.382. The zero-order chi connectivity index (χ0) is 25.6. The second-order valence-corrected chi connectivity index (χ2v) is 9.87. The summed E-state index contributed by atoms with van der Waals surface area (Å²) in [6.07, 6.45) is 4.90. The number of benzene rings is 3. The molecule has 5 heteroatoms. The Hall–Kier alpha value is -3.28. The summed E-state index contributed by atoms with van der Waals surface area (Å²) in [5.41, 5.74) is 6.35. The number of piperidine rings is 1. The van der Waals surface area contributed by atoms with E-state index >= 15 is 0 Å². The van der Waals surface area contributed by atoms with Crippen LogP contribution in [0.3, 0.4) is 0 Å². The van der Waals surface area contributed by atoms with Gasteiger partial charge in [0.2, 0.25) is 0 Å². The summed E-state index contributed by atoms with van der Waals surface area (Å²) in [6.45, 7) is 3.99. The van der Waals surface area contributed by atoms with Crippen LogP contribution in [0.1, 0.15) is 54.0 Å². The first-order valence-corrected chi connectivity index (χ1v) is 13.3. The maximum absolute atomic E-state index is 11.7. The minimum Gasteiger partial charge on any atom is -0.497 e. The molecule has 0 aromatic heterocycles. The molecule has 1 saturated heterocycles. The molecule has 37 heavy (non-hydrogen) atoms. The van der Waals surface area contributed by atoms with Crippen LogP contribution in [0.25, 0.3) is 11.1 Å². The van der Waals surface area contributed by atoms with Crippen LogP contribution in [0.4, 0.5) is 0 Å². The summed E-state index contributed by atoms with van der Waals surface area (Å²) in [5.74, 6) is 2.50. The second-order valence-electron chi connectivity index (χ2n) is 9.87. The van der Waals surface area contributed by atoms with E-state index in [-0.39, 0.29) is 0 Å². The highest BCUT2D eigenvalue weighted by Crippen LogP contribution is 2.44. The van der Waals surface area contributed by atoms with Gasteiger partial charge < -0.3 is 19.3 Å². The molecular formula is C32H37NO4. The average molecular weight is 500 g/mol. The van der Waals surface area contributed by atoms with Crippen molar-refractivity contribution in [3.63, 3.8) is 0 Å². The Balaban J connectivity index is 1.40. The van der Waals surface area contributed by atoms with Crippen molar-refractivity contribution in [2.75, 3.05) is 40.5 Å². The van der Waals surface area contributed by atoms with Crippen molar-refractivity contribution < 1.29 is 19.3 Å². The lowest BCUT2D eigenvalue weighted by Gasteiger charge is -2.28. The number of methoxy groups -OCH3 is 2. The van der Waals surface area contributed by atoms with Gasteiger partial charge in [0.05, 0.1) is 14.2 Å². The summed E-state index contributed by atoms with van der Waals surface area (Å²) in [7, 11) is 3.36. The number of likely N-dealkylation sites (tertiary alicyclic amines) is 1. The SMILES string of the molecule is COc1ccc(C2=C(C(O)c3ccc(OCCN4CCCCC4)cc3)c3ccc(OC)cc3CC2)cc1. The number of hydrogen-bond donors (Lipinski definition) is 1. The molecule has 0 bridgehead atoms. The number of hydrogen-bond acceptors (Lipinski definition) is 5. The number of allylic oxidation sites excluding steroid dienone is 1. The van der Waals surface area contributed by atoms with Crippen molar-refractivity contribution in [1.82, 2.24) is 4.90 Å². The number of fused-ring (bicyclic) bond motifs is 1. The summed E-state index contributed by atoms with van der Waals surface area (Å²) >= 11 is 0. The summed E-state index contributed by atoms with van der Waals surface area (Å²) < 4.78 is 16.9. The van der Waals surface area contributed by atoms with E-state index in [1.807, 2.05) is 42.5 Å². The summed E-state index contributed by atoms with van der Waals surface area (Å²) in [6, 6.07) is 22.2. The van der Waals surface area contributed by atoms with Gasteiger partial charge in [0.25, 0.3) is 0 Å². The molecule has 5 nitrogen and oxygen atoms in total. The molecule has 2 aliphatic rings. The van der Waals surface area contributed by atoms with Crippen LogP contribution in [-0.4, -0.2) is 50.5 Å². The normalized spacial score (nSPS) is 16.7. The molecule has 3 aromatic carbocycles. The van der Waals surface area contributed by atoms with Crippen LogP contribution in [0, 0.1) is 0 Å². The van der Waals surface area contributed by atoms with E-state index in [0.29, 0.717) is 6.61 Å². The molecule has 3 aromatic rings. The molecule has 0 radical (unpaired) electrons. The minimum absolute atomic E-state index is 0.684. The molecule has 5 rings (SSSR count). The van der Waals surface area contributed by atoms with Crippen molar-refractivity contribution >= 4 is 11.1 Å². The van der Waals surface area contributed by atoms with E-state index in [1.54, 1.807) is 14.2 Å². The predicted molar refractivity (Wildman–Crippen MR) is 148 cm³/mol. The third-order valence-corrected chi connectivity index (χ3v) is 7.60. The smallest absolute Gasteiger partial charge is 0.119 e. The first-order chi connectivity index (χ1) is 18.2. The van der Waals surface area contributed by atoms with Crippen molar-refractivity contribution in [1.29, 1.82) is 0 Å². The fourth-order valence-corrected chi connectivity index (χ4v) is 5.52. The molecule has 1 heterocycles. The van der Waals surface area contributed by atoms with Gasteiger partial charge in [-0.05, 0) is 109 Å². The number of aryl methyl sites for hydroxylation is 1. The Bertz CT molecular complexity index is 1210. The van der Waals surface area contributed by atoms with Gasteiger partial charge in [-0.15, -0.1) is 0 Å². The van der Waals surface area contributed by atoms with Crippen LogP contribution in [0.15, 0.2) is 66.7 Å². The topological polar surface area (TPSA) is 51.2 Å². The van der Waals surface area contributed by atoms with E-state index in [4.69, 9.17) is 14.2 Å². The zero-order valence-electron chi connectivity index (χ0n) is 21.9. The van der Waals surface area contributed by atoms with Crippen LogP contribution in [0.5, 0.6) is 17.2 Å². The highest BCUT2D eigenvalue weighted by molar-refractivity contribution is 5.95. The van der Waals surface area contributed by atoms with Gasteiger partial charge in [0, 0.05) is 6.54 Å². The van der Waals surface area contributed by atoms with Gasteiger partial charge in [0.15, 0.2) is 0 Å². The molecule has 1 aliphatic carbocycles. The van der Waals surface area contributed by atoms with Crippen molar-refractivity contribution in [3.05, 3.63) is 89.0 Å². The fraction of sp³-hybridized carbons (Fsp3) is 0.375. The average Bonchev–Trinajstić information content (AvgIpc) is 2.97. The lowest BCUT2D eigenvalue weighted by Crippen LogP contribution is -2.33. The Labute approximate surface area is 220 Å². The standard InChI is InChI=1S/C32H37NO4/c1-35-26-11-6-23(7-12-26)29-16-10-25-22-28(36-2)15-17-30(25)31(29)32(34)24-8-13-27(14-9-24)37-21-20-33-18-4-3-5-19-33/h6-9,11-15,17,22,32,34H,3-5,10,16,18-21H2,1-2H3. The Morgan fingerprint density at radius 2 is 1.46 bits per heavy atom. The highest BCUT2D eigenvalue weighted by Gasteiger charge is 2.27. The van der Waals surface area contributed by atoms with E-state index in [9.17, 15) is 5.11 Å². The van der Waals surface area contributed by atoms with E-state index in [1.165, 1.54) is 37.9 Å². The van der Waals surface area contributed by atoms with E-state index < -0.39 is 6.10 Å². The van der Waals surface area contributed by atoms with Crippen LogP contribution >= 0.6 is 0 Å². The first kappa shape index (κ1) is 25.4. The number of nitrogens with zero attached hydrogens (tertiary/aromatic N) is 1. The van der Waals surface area contributed by atoms with Gasteiger partial charge in [-0.2, -0.15) is 0 Å². The second kappa shape index (κ2) is 11.8. The number of rotatable bonds is 9. The van der Waals surface area contributed by atoms with Gasteiger partial charge in [-0.3, -0.25) is 4.90 Å². The molecule has 0 spiro atoms. The maximum atomic E-state index is 11.7. The monoisotopic (exact) mass is 499 g/mol. The van der Waals surface area contributed by atoms with Crippen molar-refractivity contribution in [2.24, 2.45) is 0 Å². The third kappa shape index (κ3) is 5.84. The lowest BCUT2D eigenvalue weighted by atomic mass is 9.79. The Morgan fingerprint density at radius 1 is 0.784 bits per heavy atom. The van der Waals surface area contributed by atoms with Gasteiger partial charge >= 0.3 is 0 Å². The molecule has 1 atom stereocenters. The van der Waals surface area contributed by atoms with Crippen LogP contribution in [0.2, 0.25) is 0 Å². The molecule has 1 N–H and O–H groups in total. The third-order valence-electron chi connectivity index (χ3n) is 7.60. The fourth-order valence-electron chi connectivity index (χ4n) is 5.52. The molecule has 1 unspecified atom stereocenters. The number of aliphatic hydroxyl groups is 1. The predicted octanol–water partition coefficient (Wildman–Crippen LogP) is 6.16. The largest absolute Gasteiger partial charge is 0.497 e. The molecule has 1 aliphatic heterocycles. The van der Waals surface area contributed by atoms with Gasteiger partial charge in [-0.25, -0.2) is 0 Å². The molecule has 0 amide bonds. The van der Waals surface area contributed by atoms with Gasteiger partial charge in [-0.1, -0.05) is 36.8 Å². The summed E-state index contributed by atoms with van der Waals surface area (Å²) in [5, 5.41) is 11.7. The molecular weight excluding hydrogens is 462 g/mol.